The Hall–Kier alpha value is -5.47. The predicted molar refractivity (Wildman–Crippen MR) is 265 cm³/mol. The number of piperidine rings is 1. The van der Waals surface area contributed by atoms with E-state index in [-0.39, 0.29) is 60.5 Å². The molecule has 15 heteroatoms. The Kier molecular flexibility index (Phi) is 19.6. The number of carbonyl (C=O) groups is 7. The number of ether oxygens (including phenoxy) is 2. The molecule has 3 aliphatic heterocycles. The highest BCUT2D eigenvalue weighted by Gasteiger charge is 2.49. The van der Waals surface area contributed by atoms with Crippen LogP contribution >= 0.6 is 0 Å². The van der Waals surface area contributed by atoms with Crippen molar-refractivity contribution in [1.82, 2.24) is 30.7 Å². The Balaban J connectivity index is 1.30. The van der Waals surface area contributed by atoms with Crippen LogP contribution in [-0.2, 0) is 41.5 Å². The topological polar surface area (TPSA) is 184 Å². The van der Waals surface area contributed by atoms with Crippen molar-refractivity contribution in [2.24, 2.45) is 23.2 Å². The largest absolute Gasteiger partial charge is 0.444 e. The zero-order valence-electron chi connectivity index (χ0n) is 42.6. The molecule has 0 radical (unpaired) electrons. The van der Waals surface area contributed by atoms with Crippen molar-refractivity contribution in [2.75, 3.05) is 45.8 Å². The molecule has 4 atom stereocenters. The average molecular weight is 957 g/mol. The number of hydrogen-bond donors (Lipinski definition) is 3. The molecule has 3 heterocycles. The van der Waals surface area contributed by atoms with Gasteiger partial charge in [-0.1, -0.05) is 80.9 Å². The summed E-state index contributed by atoms with van der Waals surface area (Å²) in [6, 6.07) is 16.9. The Morgan fingerprint density at radius 3 is 1.72 bits per heavy atom. The quantitative estimate of drug-likeness (QED) is 0.105. The molecular weight excluding hydrogens is 877 g/mol. The maximum absolute atomic E-state index is 14.6. The number of urea groups is 1. The Bertz CT molecular complexity index is 2030. The molecular formula is C54H80N6O9. The second kappa shape index (κ2) is 24.9. The Morgan fingerprint density at radius 1 is 0.623 bits per heavy atom. The Labute approximate surface area is 410 Å². The summed E-state index contributed by atoms with van der Waals surface area (Å²) in [4.78, 5) is 102. The smallest absolute Gasteiger partial charge is 0.408 e. The standard InChI is InChI=1S/C54H80N6O9/c1-38(2)31-43(56-47(63)42(32-39-19-11-9-12-20-39)35-46(62)44(33-40-21-13-10-14-22-40)57-50(66)69-53(6,7)8)45(61)34-41(23-15-16-26-55-49(65)68-52(3,4)5)48(64)58-29-24-54(25-30-58)36-60(37-54)51(67)59-27-17-18-28-59/h9-14,19-22,38,41-44H,15-18,23-37H2,1-8H3,(H,55,65)(H,56,63)(H,57,66)/t41-,42-,43+,44+/m0/s1. The molecule has 2 aromatic rings. The van der Waals surface area contributed by atoms with E-state index in [0.717, 1.165) is 49.9 Å². The molecule has 3 N–H and O–H groups in total. The number of ketones is 2. The van der Waals surface area contributed by atoms with Crippen LogP contribution in [0.1, 0.15) is 131 Å². The van der Waals surface area contributed by atoms with Gasteiger partial charge in [0.05, 0.1) is 12.1 Å². The molecule has 3 fully saturated rings. The van der Waals surface area contributed by atoms with Crippen molar-refractivity contribution >= 4 is 41.6 Å². The minimum Gasteiger partial charge on any atom is -0.444 e. The van der Waals surface area contributed by atoms with E-state index in [1.165, 1.54) is 0 Å². The van der Waals surface area contributed by atoms with Crippen LogP contribution in [0.3, 0.4) is 0 Å². The molecule has 15 nitrogen and oxygen atoms in total. The second-order valence-corrected chi connectivity index (χ2v) is 22.1. The van der Waals surface area contributed by atoms with E-state index < -0.39 is 53.2 Å². The number of Topliss-reactive ketones (excluding diaryl/α,β-unsaturated/α-hetero) is 2. The number of nitrogens with one attached hydrogen (secondary N) is 3. The average Bonchev–Trinajstić information content (AvgIpc) is 3.81. The molecule has 3 aliphatic rings. The van der Waals surface area contributed by atoms with E-state index in [1.54, 1.807) is 41.5 Å². The summed E-state index contributed by atoms with van der Waals surface area (Å²) >= 11 is 0. The van der Waals surface area contributed by atoms with E-state index in [0.29, 0.717) is 58.4 Å². The SMILES string of the molecule is CC(C)C[C@@H](NC(=O)[C@H](CC(=O)[C@@H](Cc1ccccc1)NC(=O)OC(C)(C)C)Cc1ccccc1)C(=O)C[C@H](CCCCNC(=O)OC(C)(C)C)C(=O)N1CCC2(CC1)CN(C(=O)N1CCCC1)C2. The molecule has 0 unspecified atom stereocenters. The molecule has 1 spiro atoms. The van der Waals surface area contributed by atoms with E-state index in [9.17, 15) is 33.6 Å². The zero-order valence-corrected chi connectivity index (χ0v) is 42.6. The fourth-order valence-electron chi connectivity index (χ4n) is 9.62. The van der Waals surface area contributed by atoms with Crippen molar-refractivity contribution in [2.45, 2.75) is 156 Å². The second-order valence-electron chi connectivity index (χ2n) is 22.1. The summed E-state index contributed by atoms with van der Waals surface area (Å²) in [6.07, 6.45) is 4.33. The monoisotopic (exact) mass is 957 g/mol. The molecule has 3 saturated heterocycles. The van der Waals surface area contributed by atoms with Crippen LogP contribution < -0.4 is 16.0 Å². The normalized spacial score (nSPS) is 17.6. The summed E-state index contributed by atoms with van der Waals surface area (Å²) in [5.41, 5.74) is 0.206. The highest BCUT2D eigenvalue weighted by atomic mass is 16.6. The van der Waals surface area contributed by atoms with Gasteiger partial charge in [-0.25, -0.2) is 14.4 Å². The van der Waals surface area contributed by atoms with E-state index in [4.69, 9.17) is 9.47 Å². The van der Waals surface area contributed by atoms with Crippen molar-refractivity contribution in [3.05, 3.63) is 71.8 Å². The first kappa shape index (κ1) is 54.5. The minimum absolute atomic E-state index is 0.00694. The number of alkyl carbamates (subject to hydrolysis) is 2. The van der Waals surface area contributed by atoms with Gasteiger partial charge in [-0.05, 0) is 116 Å². The first-order valence-electron chi connectivity index (χ1n) is 25.3. The van der Waals surface area contributed by atoms with Gasteiger partial charge in [0.2, 0.25) is 11.8 Å². The van der Waals surface area contributed by atoms with Gasteiger partial charge in [0, 0.05) is 75.9 Å². The minimum atomic E-state index is -0.988. The molecule has 0 aliphatic carbocycles. The highest BCUT2D eigenvalue weighted by molar-refractivity contribution is 5.95. The van der Waals surface area contributed by atoms with Crippen molar-refractivity contribution in [3.63, 3.8) is 0 Å². The maximum atomic E-state index is 14.6. The number of nitrogens with zero attached hydrogens (tertiary/aromatic N) is 3. The summed E-state index contributed by atoms with van der Waals surface area (Å²) in [7, 11) is 0. The van der Waals surface area contributed by atoms with Crippen LogP contribution in [0.5, 0.6) is 0 Å². The number of unbranched alkanes of at least 4 members (excludes halogenated alkanes) is 1. The molecule has 0 aromatic heterocycles. The molecule has 0 saturated carbocycles. The third-order valence-corrected chi connectivity index (χ3v) is 13.2. The summed E-state index contributed by atoms with van der Waals surface area (Å²) in [6.45, 7) is 19.0. The van der Waals surface area contributed by atoms with Crippen LogP contribution in [0.2, 0.25) is 0 Å². The van der Waals surface area contributed by atoms with Gasteiger partial charge in [0.1, 0.15) is 11.2 Å². The van der Waals surface area contributed by atoms with Crippen LogP contribution in [0, 0.1) is 23.2 Å². The van der Waals surface area contributed by atoms with E-state index >= 15 is 0 Å². The Morgan fingerprint density at radius 2 is 1.16 bits per heavy atom. The molecule has 69 heavy (non-hydrogen) atoms. The van der Waals surface area contributed by atoms with E-state index in [1.807, 2.05) is 89.2 Å². The van der Waals surface area contributed by atoms with Gasteiger partial charge in [0.15, 0.2) is 11.6 Å². The lowest BCUT2D eigenvalue weighted by Gasteiger charge is -2.54. The van der Waals surface area contributed by atoms with Gasteiger partial charge < -0.3 is 40.1 Å². The van der Waals surface area contributed by atoms with Crippen LogP contribution in [0.25, 0.3) is 0 Å². The number of rotatable bonds is 21. The van der Waals surface area contributed by atoms with Crippen molar-refractivity contribution in [3.8, 4) is 0 Å². The first-order valence-corrected chi connectivity index (χ1v) is 25.3. The van der Waals surface area contributed by atoms with Gasteiger partial charge in [-0.3, -0.25) is 19.2 Å². The number of carbonyl (C=O) groups excluding carboxylic acids is 7. The molecule has 0 bridgehead atoms. The maximum Gasteiger partial charge on any atom is 0.408 e. The van der Waals surface area contributed by atoms with Gasteiger partial charge in [0.25, 0.3) is 0 Å². The predicted octanol–water partition coefficient (Wildman–Crippen LogP) is 7.88. The van der Waals surface area contributed by atoms with Crippen molar-refractivity contribution < 1.29 is 43.0 Å². The van der Waals surface area contributed by atoms with Gasteiger partial charge in [-0.2, -0.15) is 0 Å². The zero-order chi connectivity index (χ0) is 50.4. The van der Waals surface area contributed by atoms with Crippen molar-refractivity contribution in [1.29, 1.82) is 0 Å². The number of amides is 6. The van der Waals surface area contributed by atoms with Crippen LogP contribution in [0.4, 0.5) is 14.4 Å². The molecule has 6 amide bonds. The van der Waals surface area contributed by atoms with Gasteiger partial charge >= 0.3 is 18.2 Å². The lowest BCUT2D eigenvalue weighted by Crippen LogP contribution is -2.64. The van der Waals surface area contributed by atoms with Crippen LogP contribution in [0.15, 0.2) is 60.7 Å². The third kappa shape index (κ3) is 17.8. The lowest BCUT2D eigenvalue weighted by atomic mass is 9.72. The number of hydrogen-bond acceptors (Lipinski definition) is 9. The van der Waals surface area contributed by atoms with E-state index in [2.05, 4.69) is 16.0 Å². The number of benzene rings is 2. The molecule has 5 rings (SSSR count). The summed E-state index contributed by atoms with van der Waals surface area (Å²) < 4.78 is 10.9. The third-order valence-electron chi connectivity index (χ3n) is 13.2. The molecule has 2 aromatic carbocycles. The fraction of sp³-hybridized carbons (Fsp3) is 0.648. The summed E-state index contributed by atoms with van der Waals surface area (Å²) in [5, 5.41) is 8.60. The highest BCUT2D eigenvalue weighted by Crippen LogP contribution is 2.41. The molecule has 380 valence electrons. The van der Waals surface area contributed by atoms with Gasteiger partial charge in [-0.15, -0.1) is 0 Å². The lowest BCUT2D eigenvalue weighted by molar-refractivity contribution is -0.142. The fourth-order valence-corrected chi connectivity index (χ4v) is 9.62. The first-order chi connectivity index (χ1) is 32.6. The van der Waals surface area contributed by atoms with Crippen LogP contribution in [-0.4, -0.2) is 125 Å². The summed E-state index contributed by atoms with van der Waals surface area (Å²) in [5.74, 6) is -2.71. The number of likely N-dealkylation sites (tertiary alicyclic amines) is 3.